The van der Waals surface area contributed by atoms with Crippen molar-refractivity contribution in [3.8, 4) is 78.3 Å². The molecule has 1 unspecified atom stereocenters. The molecular formula is C70H45NOS. The van der Waals surface area contributed by atoms with Gasteiger partial charge in [-0.3, -0.25) is 0 Å². The van der Waals surface area contributed by atoms with Gasteiger partial charge in [-0.05, 0) is 150 Å². The van der Waals surface area contributed by atoms with Crippen LogP contribution in [0.15, 0.2) is 237 Å². The molecule has 342 valence electrons. The van der Waals surface area contributed by atoms with Gasteiger partial charge in [-0.2, -0.15) is 0 Å². The Balaban J connectivity index is 1.01. The van der Waals surface area contributed by atoms with Gasteiger partial charge in [-0.25, -0.2) is 0 Å². The van der Waals surface area contributed by atoms with E-state index in [1.54, 1.807) is 0 Å². The van der Waals surface area contributed by atoms with Crippen LogP contribution in [0.5, 0.6) is 11.5 Å². The summed E-state index contributed by atoms with van der Waals surface area (Å²) in [5.41, 5.74) is 25.0. The van der Waals surface area contributed by atoms with Crippen LogP contribution in [0, 0.1) is 0 Å². The first-order valence-corrected chi connectivity index (χ1v) is 26.2. The summed E-state index contributed by atoms with van der Waals surface area (Å²) >= 11 is 1.90. The third-order valence-electron chi connectivity index (χ3n) is 16.7. The van der Waals surface area contributed by atoms with Crippen molar-refractivity contribution in [3.63, 3.8) is 0 Å². The molecule has 1 spiro atoms. The number of nitrogens with zero attached hydrogens (tertiary/aromatic N) is 1. The molecule has 11 aromatic carbocycles. The summed E-state index contributed by atoms with van der Waals surface area (Å²) < 4.78 is 9.50. The van der Waals surface area contributed by atoms with Gasteiger partial charge in [-0.15, -0.1) is 11.3 Å². The van der Waals surface area contributed by atoms with Gasteiger partial charge in [0.1, 0.15) is 11.5 Å². The predicted octanol–water partition coefficient (Wildman–Crippen LogP) is 19.3. The van der Waals surface area contributed by atoms with E-state index >= 15 is 0 Å². The first-order valence-electron chi connectivity index (χ1n) is 25.4. The summed E-state index contributed by atoms with van der Waals surface area (Å²) in [6.45, 7) is 4.76. The van der Waals surface area contributed by atoms with Crippen molar-refractivity contribution in [2.24, 2.45) is 0 Å². The SMILES string of the molecule is CC1(C)c2ccccc2-c2ccc(N(c3ccc4c(c3)-c3ccccc3-c3ccccc3O4)c3ccc4c(c3)C3(c5ccccc5-c5ccccc5-4)c4ccccc4-c4c3ccc3sc5ccccc5c43)cc21. The number of thiophene rings is 1. The lowest BCUT2D eigenvalue weighted by molar-refractivity contribution is 0.488. The molecule has 0 saturated heterocycles. The van der Waals surface area contributed by atoms with Crippen molar-refractivity contribution in [1.82, 2.24) is 0 Å². The fraction of sp³-hybridized carbons (Fsp3) is 0.0571. The number of rotatable bonds is 3. The number of benzene rings is 11. The normalized spacial score (nSPS) is 15.5. The highest BCUT2D eigenvalue weighted by atomic mass is 32.1. The van der Waals surface area contributed by atoms with Gasteiger partial charge in [-0.1, -0.05) is 190 Å². The summed E-state index contributed by atoms with van der Waals surface area (Å²) in [5.74, 6) is 1.70. The van der Waals surface area contributed by atoms with Gasteiger partial charge >= 0.3 is 0 Å². The Morgan fingerprint density at radius 3 is 1.53 bits per heavy atom. The molecule has 73 heavy (non-hydrogen) atoms. The Hall–Kier alpha value is -8.76. The smallest absolute Gasteiger partial charge is 0.135 e. The Labute approximate surface area is 428 Å². The number of fused-ring (bicyclic) bond motifs is 24. The highest BCUT2D eigenvalue weighted by Gasteiger charge is 2.51. The number of hydrogen-bond donors (Lipinski definition) is 0. The molecule has 2 heterocycles. The second kappa shape index (κ2) is 14.9. The van der Waals surface area contributed by atoms with E-state index in [1.807, 2.05) is 11.3 Å². The van der Waals surface area contributed by atoms with Crippen LogP contribution in [0.25, 0.3) is 86.9 Å². The average Bonchev–Trinajstić information content (AvgIpc) is 4.07. The Kier molecular flexibility index (Phi) is 8.35. The first kappa shape index (κ1) is 40.9. The number of hydrogen-bond acceptors (Lipinski definition) is 3. The standard InChI is InChI=1S/C70H45NOS/c1-69(2)57-26-12-7-22-50(57)52-35-32-43(40-61(52)69)71(42-33-37-64-56(39-42)48-20-6-5-19-47(48)53-23-10-15-29-63(53)72-64)44-31-34-51-46-18-4-3-17-45(46)49-21-8-13-27-58(49)70(62(51)41-44)59-28-14-9-24-54(59)67-60(70)36-38-66-68(67)55-25-11-16-30-65(55)73-66/h3-41H,1-2H3. The maximum absolute atomic E-state index is 6.87. The van der Waals surface area contributed by atoms with Crippen molar-refractivity contribution in [2.75, 3.05) is 4.90 Å². The van der Waals surface area contributed by atoms with E-state index in [2.05, 4.69) is 255 Å². The lowest BCUT2D eigenvalue weighted by Gasteiger charge is -2.36. The quantitative estimate of drug-likeness (QED) is 0.175. The molecule has 3 aliphatic carbocycles. The van der Waals surface area contributed by atoms with Crippen molar-refractivity contribution in [3.05, 3.63) is 270 Å². The lowest BCUT2D eigenvalue weighted by atomic mass is 9.65. The van der Waals surface area contributed by atoms with Crippen LogP contribution >= 0.6 is 11.3 Å². The molecular weight excluding hydrogens is 903 g/mol. The molecule has 0 radical (unpaired) electrons. The molecule has 1 aromatic heterocycles. The van der Waals surface area contributed by atoms with E-state index in [9.17, 15) is 0 Å². The van der Waals surface area contributed by atoms with Crippen LogP contribution in [0.3, 0.4) is 0 Å². The summed E-state index contributed by atoms with van der Waals surface area (Å²) in [7, 11) is 0. The Morgan fingerprint density at radius 1 is 0.329 bits per heavy atom. The molecule has 16 rings (SSSR count). The van der Waals surface area contributed by atoms with Crippen molar-refractivity contribution in [2.45, 2.75) is 24.7 Å². The summed E-state index contributed by atoms with van der Waals surface area (Å²) in [6, 6.07) is 88.8. The molecule has 12 aromatic rings. The highest BCUT2D eigenvalue weighted by molar-refractivity contribution is 7.26. The number of para-hydroxylation sites is 1. The van der Waals surface area contributed by atoms with Crippen LogP contribution in [0.2, 0.25) is 0 Å². The van der Waals surface area contributed by atoms with E-state index in [0.717, 1.165) is 50.8 Å². The minimum Gasteiger partial charge on any atom is -0.456 e. The average molecular weight is 948 g/mol. The summed E-state index contributed by atoms with van der Waals surface area (Å²) in [5, 5.41) is 2.66. The van der Waals surface area contributed by atoms with E-state index in [4.69, 9.17) is 4.74 Å². The largest absolute Gasteiger partial charge is 0.456 e. The van der Waals surface area contributed by atoms with E-state index in [-0.39, 0.29) is 5.41 Å². The van der Waals surface area contributed by atoms with Crippen LogP contribution in [0.1, 0.15) is 47.2 Å². The summed E-state index contributed by atoms with van der Waals surface area (Å²) in [4.78, 5) is 2.51. The molecule has 1 aliphatic heterocycles. The highest BCUT2D eigenvalue weighted by Crippen LogP contribution is 2.64. The van der Waals surface area contributed by atoms with Crippen LogP contribution in [0.4, 0.5) is 17.1 Å². The zero-order valence-corrected chi connectivity index (χ0v) is 41.1. The fourth-order valence-electron chi connectivity index (χ4n) is 13.6. The topological polar surface area (TPSA) is 12.5 Å². The maximum Gasteiger partial charge on any atom is 0.135 e. The van der Waals surface area contributed by atoms with E-state index in [1.165, 1.54) is 98.1 Å². The second-order valence-electron chi connectivity index (χ2n) is 20.6. The van der Waals surface area contributed by atoms with Gasteiger partial charge in [0.15, 0.2) is 0 Å². The van der Waals surface area contributed by atoms with E-state index in [0.29, 0.717) is 0 Å². The van der Waals surface area contributed by atoms with Crippen molar-refractivity contribution in [1.29, 1.82) is 0 Å². The first-order chi connectivity index (χ1) is 36.0. The minimum atomic E-state index is -0.677. The van der Waals surface area contributed by atoms with Crippen LogP contribution in [-0.4, -0.2) is 0 Å². The van der Waals surface area contributed by atoms with Gasteiger partial charge in [0.2, 0.25) is 0 Å². The van der Waals surface area contributed by atoms with Crippen molar-refractivity contribution < 1.29 is 4.74 Å². The molecule has 0 bridgehead atoms. The molecule has 2 nitrogen and oxygen atoms in total. The molecule has 0 fully saturated rings. The third-order valence-corrected chi connectivity index (χ3v) is 17.8. The monoisotopic (exact) mass is 947 g/mol. The molecule has 4 aliphatic rings. The third kappa shape index (κ3) is 5.47. The van der Waals surface area contributed by atoms with Gasteiger partial charge in [0.05, 0.1) is 5.41 Å². The molecule has 1 atom stereocenters. The molecule has 3 heteroatoms. The molecule has 0 saturated carbocycles. The number of ether oxygens (including phenoxy) is 1. The zero-order chi connectivity index (χ0) is 48.2. The predicted molar refractivity (Wildman–Crippen MR) is 304 cm³/mol. The zero-order valence-electron chi connectivity index (χ0n) is 40.3. The van der Waals surface area contributed by atoms with Crippen molar-refractivity contribution >= 4 is 48.6 Å². The maximum atomic E-state index is 6.87. The van der Waals surface area contributed by atoms with Crippen LogP contribution in [-0.2, 0) is 10.8 Å². The van der Waals surface area contributed by atoms with Gasteiger partial charge in [0, 0.05) is 53.8 Å². The Bertz CT molecular complexity index is 4360. The van der Waals surface area contributed by atoms with Gasteiger partial charge < -0.3 is 9.64 Å². The second-order valence-corrected chi connectivity index (χ2v) is 21.7. The van der Waals surface area contributed by atoms with Gasteiger partial charge in [0.25, 0.3) is 0 Å². The van der Waals surface area contributed by atoms with Crippen LogP contribution < -0.4 is 9.64 Å². The lowest BCUT2D eigenvalue weighted by Crippen LogP contribution is -2.29. The summed E-state index contributed by atoms with van der Waals surface area (Å²) in [6.07, 6.45) is 0. The van der Waals surface area contributed by atoms with E-state index < -0.39 is 5.41 Å². The minimum absolute atomic E-state index is 0.195. The molecule has 0 N–H and O–H groups in total. The Morgan fingerprint density at radius 2 is 0.808 bits per heavy atom. The molecule has 0 amide bonds. The fourth-order valence-corrected chi connectivity index (χ4v) is 14.7. The number of anilines is 3.